The van der Waals surface area contributed by atoms with Crippen LogP contribution in [0.4, 0.5) is 0 Å². The third kappa shape index (κ3) is 2.92. The number of rotatable bonds is 4. The van der Waals surface area contributed by atoms with E-state index in [1.165, 1.54) is 6.92 Å². The molecule has 0 radical (unpaired) electrons. The summed E-state index contributed by atoms with van der Waals surface area (Å²) in [6, 6.07) is 3.46. The lowest BCUT2D eigenvalue weighted by molar-refractivity contribution is -0.136. The minimum Gasteiger partial charge on any atom is -0.480 e. The molecule has 0 aliphatic heterocycles. The molecule has 1 N–H and O–H groups in total. The van der Waals surface area contributed by atoms with Gasteiger partial charge in [-0.05, 0) is 24.6 Å². The molecule has 1 rings (SSSR count). The number of hydrogen-bond donors (Lipinski definition) is 1. The fourth-order valence-corrected chi connectivity index (χ4v) is 1.88. The van der Waals surface area contributed by atoms with Gasteiger partial charge in [0.1, 0.15) is 5.25 Å². The Labute approximate surface area is 84.4 Å². The maximum atomic E-state index is 11.5. The fourth-order valence-electron chi connectivity index (χ4n) is 0.881. The molecule has 0 bridgehead atoms. The lowest BCUT2D eigenvalue weighted by atomic mass is 10.3. The van der Waals surface area contributed by atoms with Gasteiger partial charge in [-0.15, -0.1) is 0 Å². The quantitative estimate of drug-likeness (QED) is 0.803. The van der Waals surface area contributed by atoms with E-state index in [2.05, 4.69) is 4.98 Å². The summed E-state index contributed by atoms with van der Waals surface area (Å²) in [7, 11) is -1.37. The molecular weight excluding hydrogens is 202 g/mol. The van der Waals surface area contributed by atoms with Crippen molar-refractivity contribution in [3.05, 3.63) is 30.1 Å². The third-order valence-electron chi connectivity index (χ3n) is 1.80. The van der Waals surface area contributed by atoms with Gasteiger partial charge < -0.3 is 5.11 Å². The molecule has 0 amide bonds. The van der Waals surface area contributed by atoms with E-state index in [9.17, 15) is 9.00 Å². The van der Waals surface area contributed by atoms with Gasteiger partial charge in [0, 0.05) is 28.9 Å². The van der Waals surface area contributed by atoms with Crippen molar-refractivity contribution >= 4 is 16.8 Å². The summed E-state index contributed by atoms with van der Waals surface area (Å²) >= 11 is 0. The van der Waals surface area contributed by atoms with Crippen molar-refractivity contribution in [2.24, 2.45) is 0 Å². The fraction of sp³-hybridized carbons (Fsp3) is 0.333. The number of carbonyl (C=O) groups is 1. The molecule has 2 unspecified atom stereocenters. The molecule has 0 aliphatic carbocycles. The number of aliphatic carboxylic acids is 1. The summed E-state index contributed by atoms with van der Waals surface area (Å²) in [6.45, 7) is 1.44. The lowest BCUT2D eigenvalue weighted by Gasteiger charge is -2.05. The highest BCUT2D eigenvalue weighted by Gasteiger charge is 2.18. The van der Waals surface area contributed by atoms with Crippen LogP contribution in [-0.4, -0.2) is 25.5 Å². The van der Waals surface area contributed by atoms with Crippen molar-refractivity contribution < 1.29 is 14.1 Å². The Morgan fingerprint density at radius 1 is 1.57 bits per heavy atom. The molecule has 0 aliphatic rings. The molecular formula is C9H11NO3S. The summed E-state index contributed by atoms with van der Waals surface area (Å²) < 4.78 is 11.5. The molecule has 1 heterocycles. The molecule has 2 atom stereocenters. The number of nitrogens with zero attached hydrogens (tertiary/aromatic N) is 1. The molecule has 0 fully saturated rings. The van der Waals surface area contributed by atoms with Crippen LogP contribution in [-0.2, 0) is 21.3 Å². The molecule has 14 heavy (non-hydrogen) atoms. The van der Waals surface area contributed by atoms with Crippen LogP contribution in [0.5, 0.6) is 0 Å². The predicted octanol–water partition coefficient (Wildman–Crippen LogP) is 0.803. The zero-order valence-electron chi connectivity index (χ0n) is 7.71. The summed E-state index contributed by atoms with van der Waals surface area (Å²) in [5, 5.41) is 7.79. The van der Waals surface area contributed by atoms with Gasteiger partial charge in [-0.1, -0.05) is 0 Å². The van der Waals surface area contributed by atoms with Gasteiger partial charge in [0.25, 0.3) is 0 Å². The average molecular weight is 213 g/mol. The average Bonchev–Trinajstić information content (AvgIpc) is 2.18. The van der Waals surface area contributed by atoms with Gasteiger partial charge in [0.2, 0.25) is 0 Å². The highest BCUT2D eigenvalue weighted by atomic mass is 32.2. The van der Waals surface area contributed by atoms with E-state index in [-0.39, 0.29) is 5.75 Å². The second-order valence-corrected chi connectivity index (χ2v) is 4.62. The van der Waals surface area contributed by atoms with Crippen LogP contribution in [0.25, 0.3) is 0 Å². The Hall–Kier alpha value is -1.23. The maximum Gasteiger partial charge on any atom is 0.318 e. The highest BCUT2D eigenvalue weighted by molar-refractivity contribution is 7.85. The van der Waals surface area contributed by atoms with E-state index in [0.717, 1.165) is 5.56 Å². The van der Waals surface area contributed by atoms with Crippen LogP contribution in [0.1, 0.15) is 12.5 Å². The first-order valence-corrected chi connectivity index (χ1v) is 5.48. The molecule has 0 saturated carbocycles. The number of pyridine rings is 1. The van der Waals surface area contributed by atoms with Gasteiger partial charge in [0.05, 0.1) is 0 Å². The van der Waals surface area contributed by atoms with Crippen LogP contribution < -0.4 is 0 Å². The number of hydrogen-bond acceptors (Lipinski definition) is 3. The van der Waals surface area contributed by atoms with Crippen LogP contribution in [0, 0.1) is 0 Å². The van der Waals surface area contributed by atoms with Crippen molar-refractivity contribution in [1.29, 1.82) is 0 Å². The summed E-state index contributed by atoms with van der Waals surface area (Å²) in [5.74, 6) is -0.770. The molecule has 1 aromatic heterocycles. The van der Waals surface area contributed by atoms with Gasteiger partial charge >= 0.3 is 5.97 Å². The largest absolute Gasteiger partial charge is 0.480 e. The Balaban J connectivity index is 2.62. The summed E-state index contributed by atoms with van der Waals surface area (Å²) in [6.07, 6.45) is 3.19. The third-order valence-corrected chi connectivity index (χ3v) is 3.41. The SMILES string of the molecule is CC(C(=O)O)S(=O)Cc1ccncc1. The van der Waals surface area contributed by atoms with E-state index in [4.69, 9.17) is 5.11 Å². The molecule has 4 nitrogen and oxygen atoms in total. The summed E-state index contributed by atoms with van der Waals surface area (Å²) in [4.78, 5) is 14.3. The van der Waals surface area contributed by atoms with E-state index in [1.807, 2.05) is 0 Å². The van der Waals surface area contributed by atoms with E-state index in [1.54, 1.807) is 24.5 Å². The zero-order valence-corrected chi connectivity index (χ0v) is 8.53. The first-order valence-electron chi connectivity index (χ1n) is 4.10. The molecule has 0 saturated heterocycles. The Morgan fingerprint density at radius 3 is 2.64 bits per heavy atom. The summed E-state index contributed by atoms with van der Waals surface area (Å²) in [5.41, 5.74) is 0.839. The number of carboxylic acid groups (broad SMARTS) is 1. The van der Waals surface area contributed by atoms with Crippen LogP contribution in [0.3, 0.4) is 0 Å². The lowest BCUT2D eigenvalue weighted by Crippen LogP contribution is -2.22. The molecule has 0 aromatic carbocycles. The van der Waals surface area contributed by atoms with Gasteiger partial charge in [-0.25, -0.2) is 0 Å². The smallest absolute Gasteiger partial charge is 0.318 e. The molecule has 76 valence electrons. The second kappa shape index (κ2) is 4.85. The Kier molecular flexibility index (Phi) is 3.76. The minimum absolute atomic E-state index is 0.260. The normalized spacial score (nSPS) is 14.6. The first-order chi connectivity index (χ1) is 6.61. The van der Waals surface area contributed by atoms with Crippen molar-refractivity contribution in [2.75, 3.05) is 0 Å². The minimum atomic E-state index is -1.37. The monoisotopic (exact) mass is 213 g/mol. The standard InChI is InChI=1S/C9H11NO3S/c1-7(9(11)12)14(13)6-8-2-4-10-5-3-8/h2-5,7H,6H2,1H3,(H,11,12). The zero-order chi connectivity index (χ0) is 10.6. The van der Waals surface area contributed by atoms with Crippen molar-refractivity contribution in [3.63, 3.8) is 0 Å². The van der Waals surface area contributed by atoms with E-state index >= 15 is 0 Å². The number of carboxylic acids is 1. The van der Waals surface area contributed by atoms with Crippen molar-refractivity contribution in [3.8, 4) is 0 Å². The van der Waals surface area contributed by atoms with Crippen LogP contribution in [0.15, 0.2) is 24.5 Å². The number of aromatic nitrogens is 1. The van der Waals surface area contributed by atoms with Crippen LogP contribution in [0.2, 0.25) is 0 Å². The molecule has 5 heteroatoms. The van der Waals surface area contributed by atoms with Gasteiger partial charge in [-0.3, -0.25) is 14.0 Å². The Morgan fingerprint density at radius 2 is 2.14 bits per heavy atom. The van der Waals surface area contributed by atoms with Gasteiger partial charge in [-0.2, -0.15) is 0 Å². The van der Waals surface area contributed by atoms with E-state index < -0.39 is 22.0 Å². The molecule has 1 aromatic rings. The topological polar surface area (TPSA) is 67.3 Å². The Bertz CT molecular complexity index is 339. The molecule has 0 spiro atoms. The maximum absolute atomic E-state index is 11.5. The van der Waals surface area contributed by atoms with Crippen LogP contribution >= 0.6 is 0 Å². The van der Waals surface area contributed by atoms with Crippen molar-refractivity contribution in [1.82, 2.24) is 4.98 Å². The highest BCUT2D eigenvalue weighted by Crippen LogP contribution is 2.06. The van der Waals surface area contributed by atoms with Gasteiger partial charge in [0.15, 0.2) is 0 Å². The first kappa shape index (κ1) is 10.8. The second-order valence-electron chi connectivity index (χ2n) is 2.86. The van der Waals surface area contributed by atoms with E-state index in [0.29, 0.717) is 0 Å². The predicted molar refractivity (Wildman–Crippen MR) is 53.2 cm³/mol. The van der Waals surface area contributed by atoms with Crippen molar-refractivity contribution in [2.45, 2.75) is 17.9 Å².